The number of rotatable bonds is 5. The van der Waals surface area contributed by atoms with Crippen LogP contribution < -0.4 is 10.2 Å². The predicted molar refractivity (Wildman–Crippen MR) is 80.6 cm³/mol. The molecule has 3 aliphatic heterocycles. The van der Waals surface area contributed by atoms with Crippen LogP contribution in [0.15, 0.2) is 0 Å². The number of carbonyl (C=O) groups is 1. The van der Waals surface area contributed by atoms with Gasteiger partial charge in [0, 0.05) is 13.2 Å². The smallest absolute Gasteiger partial charge is 0.240 e. The molecule has 1 amide bonds. The van der Waals surface area contributed by atoms with E-state index in [0.29, 0.717) is 19.6 Å². The fraction of sp³-hybridized carbons (Fsp3) is 0.923. The Morgan fingerprint density at radius 1 is 1.26 bits per heavy atom. The number of aliphatic hydroxyl groups is 3. The number of fused-ring (bicyclic) bond motifs is 6. The lowest BCUT2D eigenvalue weighted by atomic mass is 9.98. The molecule has 3 fully saturated rings. The molecule has 0 spiro atoms. The van der Waals surface area contributed by atoms with Crippen molar-refractivity contribution in [2.45, 2.75) is 50.6 Å². The highest BCUT2D eigenvalue weighted by Gasteiger charge is 2.46. The third-order valence-corrected chi connectivity index (χ3v) is 3.89. The number of carbonyl (C=O) groups excluding carboxylic acids is 1. The largest absolute Gasteiger partial charge is 0.394 e. The molecule has 23 heavy (non-hydrogen) atoms. The molecule has 3 aliphatic rings. The van der Waals surface area contributed by atoms with Crippen LogP contribution in [0.3, 0.4) is 0 Å². The summed E-state index contributed by atoms with van der Waals surface area (Å²) in [5.41, 5.74) is 0. The molecule has 0 radical (unpaired) electrons. The summed E-state index contributed by atoms with van der Waals surface area (Å²) in [6, 6.07) is -0.956. The molecule has 0 aromatic heterocycles. The van der Waals surface area contributed by atoms with Crippen molar-refractivity contribution in [2.75, 3.05) is 26.4 Å². The first-order valence-corrected chi connectivity index (χ1v) is 7.45. The van der Waals surface area contributed by atoms with Gasteiger partial charge in [-0.2, -0.15) is 0 Å². The standard InChI is InChI=1S/C12H21ClN2O7.CH4/c13-15-6(5-16)11(19)14-4-7-10-8(17)9(18)12(22-7)21-3-1-2-20-10;/h6-10,12,15-18H,1-5H2,(H,14,19);1H4/t6-,7?,8?,9?,10?,12?;/m0./s1. The van der Waals surface area contributed by atoms with Crippen molar-refractivity contribution in [2.24, 2.45) is 0 Å². The first kappa shape index (κ1) is 20.5. The molecule has 9 nitrogen and oxygen atoms in total. The zero-order chi connectivity index (χ0) is 16.1. The number of hydrogen-bond donors (Lipinski definition) is 5. The monoisotopic (exact) mass is 356 g/mol. The fourth-order valence-corrected chi connectivity index (χ4v) is 2.55. The minimum Gasteiger partial charge on any atom is -0.394 e. The van der Waals surface area contributed by atoms with Crippen molar-refractivity contribution >= 4 is 17.7 Å². The van der Waals surface area contributed by atoms with Gasteiger partial charge in [-0.15, -0.1) is 0 Å². The summed E-state index contributed by atoms with van der Waals surface area (Å²) in [5, 5.41) is 31.6. The summed E-state index contributed by atoms with van der Waals surface area (Å²) in [6.07, 6.45) is -4.25. The van der Waals surface area contributed by atoms with Crippen molar-refractivity contribution < 1.29 is 34.3 Å². The molecule has 3 heterocycles. The van der Waals surface area contributed by atoms with Crippen LogP contribution >= 0.6 is 11.8 Å². The Bertz CT molecular complexity index is 370. The van der Waals surface area contributed by atoms with Crippen molar-refractivity contribution in [3.8, 4) is 0 Å². The van der Waals surface area contributed by atoms with Crippen molar-refractivity contribution in [1.29, 1.82) is 0 Å². The van der Waals surface area contributed by atoms with E-state index in [-0.39, 0.29) is 14.0 Å². The van der Waals surface area contributed by atoms with Crippen LogP contribution in [0.2, 0.25) is 0 Å². The maximum absolute atomic E-state index is 11.8. The van der Waals surface area contributed by atoms with E-state index in [1.54, 1.807) is 0 Å². The molecule has 0 aromatic rings. The highest BCUT2D eigenvalue weighted by Crippen LogP contribution is 2.25. The molecule has 10 heteroatoms. The van der Waals surface area contributed by atoms with Gasteiger partial charge >= 0.3 is 0 Å². The van der Waals surface area contributed by atoms with Crippen LogP contribution in [0.5, 0.6) is 0 Å². The third-order valence-electron chi connectivity index (χ3n) is 3.63. The fourth-order valence-electron chi connectivity index (χ4n) is 2.38. The molecule has 0 aromatic carbocycles. The highest BCUT2D eigenvalue weighted by molar-refractivity contribution is 6.15. The molecule has 3 rings (SSSR count). The molecular weight excluding hydrogens is 332 g/mol. The summed E-state index contributed by atoms with van der Waals surface area (Å²) in [4.78, 5) is 13.9. The van der Waals surface area contributed by atoms with Gasteiger partial charge in [0.05, 0.1) is 13.2 Å². The first-order valence-electron chi connectivity index (χ1n) is 7.08. The molecular formula is C13H25ClN2O7. The van der Waals surface area contributed by atoms with Crippen LogP contribution in [0, 0.1) is 0 Å². The summed E-state index contributed by atoms with van der Waals surface area (Å²) < 4.78 is 16.5. The maximum atomic E-state index is 11.8. The molecule has 136 valence electrons. The number of nitrogens with one attached hydrogen (secondary N) is 2. The average Bonchev–Trinajstić information content (AvgIpc) is 2.65. The number of hydrogen-bond acceptors (Lipinski definition) is 8. The minimum atomic E-state index is -1.22. The lowest BCUT2D eigenvalue weighted by molar-refractivity contribution is -0.292. The zero-order valence-corrected chi connectivity index (χ0v) is 12.6. The second-order valence-corrected chi connectivity index (χ2v) is 5.39. The first-order chi connectivity index (χ1) is 10.6. The van der Waals surface area contributed by atoms with Gasteiger partial charge in [0.2, 0.25) is 5.91 Å². The van der Waals surface area contributed by atoms with Gasteiger partial charge in [-0.3, -0.25) is 4.79 Å². The van der Waals surface area contributed by atoms with Gasteiger partial charge in [-0.05, 0) is 18.2 Å². The zero-order valence-electron chi connectivity index (χ0n) is 11.9. The van der Waals surface area contributed by atoms with E-state index in [2.05, 4.69) is 10.2 Å². The number of halogens is 1. The van der Waals surface area contributed by atoms with Gasteiger partial charge in [0.15, 0.2) is 6.29 Å². The Hall–Kier alpha value is -0.520. The quantitative estimate of drug-likeness (QED) is 0.361. The van der Waals surface area contributed by atoms with Gasteiger partial charge in [0.1, 0.15) is 30.5 Å². The average molecular weight is 357 g/mol. The molecule has 3 saturated heterocycles. The Kier molecular flexibility index (Phi) is 8.65. The second-order valence-electron chi connectivity index (χ2n) is 5.17. The van der Waals surface area contributed by atoms with E-state index in [1.807, 2.05) is 0 Å². The Balaban J connectivity index is 0.00000264. The topological polar surface area (TPSA) is 130 Å². The van der Waals surface area contributed by atoms with Gasteiger partial charge in [-0.1, -0.05) is 7.43 Å². The van der Waals surface area contributed by atoms with E-state index >= 15 is 0 Å². The van der Waals surface area contributed by atoms with E-state index in [4.69, 9.17) is 31.1 Å². The van der Waals surface area contributed by atoms with Crippen molar-refractivity contribution in [3.05, 3.63) is 0 Å². The molecule has 5 N–H and O–H groups in total. The normalized spacial score (nSPS) is 35.4. The Morgan fingerprint density at radius 3 is 2.61 bits per heavy atom. The Morgan fingerprint density at radius 2 is 1.96 bits per heavy atom. The number of aliphatic hydroxyl groups excluding tert-OH is 3. The minimum absolute atomic E-state index is 0. The summed E-state index contributed by atoms with van der Waals surface area (Å²) in [5.74, 6) is -0.521. The number of ether oxygens (including phenoxy) is 3. The predicted octanol–water partition coefficient (Wildman–Crippen LogP) is -1.90. The lowest BCUT2D eigenvalue weighted by Crippen LogP contribution is -2.61. The van der Waals surface area contributed by atoms with E-state index in [1.165, 1.54) is 0 Å². The SMILES string of the molecule is C.O=C(NCC1OC2OCCCOC1C(O)C2O)[C@H](CO)NCl. The summed E-state index contributed by atoms with van der Waals surface area (Å²) in [7, 11) is 0. The number of amides is 1. The van der Waals surface area contributed by atoms with Crippen LogP contribution in [-0.2, 0) is 19.0 Å². The van der Waals surface area contributed by atoms with Crippen LogP contribution in [0.1, 0.15) is 13.8 Å². The highest BCUT2D eigenvalue weighted by atomic mass is 35.5. The Labute approximate surface area is 140 Å². The van der Waals surface area contributed by atoms with Gasteiger partial charge in [0.25, 0.3) is 0 Å². The van der Waals surface area contributed by atoms with Crippen LogP contribution in [0.4, 0.5) is 0 Å². The maximum Gasteiger partial charge on any atom is 0.240 e. The van der Waals surface area contributed by atoms with E-state index in [9.17, 15) is 15.0 Å². The summed E-state index contributed by atoms with van der Waals surface area (Å²) >= 11 is 5.34. The molecule has 2 bridgehead atoms. The molecule has 0 aliphatic carbocycles. The van der Waals surface area contributed by atoms with Crippen molar-refractivity contribution in [1.82, 2.24) is 10.2 Å². The van der Waals surface area contributed by atoms with Gasteiger partial charge < -0.3 is 34.8 Å². The summed E-state index contributed by atoms with van der Waals surface area (Å²) in [6.45, 7) is 0.233. The van der Waals surface area contributed by atoms with Crippen LogP contribution in [0.25, 0.3) is 0 Å². The second kappa shape index (κ2) is 9.70. The van der Waals surface area contributed by atoms with Crippen LogP contribution in [-0.4, -0.2) is 84.3 Å². The van der Waals surface area contributed by atoms with Gasteiger partial charge in [-0.25, -0.2) is 4.84 Å². The molecule has 6 atom stereocenters. The van der Waals surface area contributed by atoms with E-state index < -0.39 is 49.3 Å². The molecule has 5 unspecified atom stereocenters. The lowest BCUT2D eigenvalue weighted by Gasteiger charge is -2.41. The molecule has 0 saturated carbocycles. The van der Waals surface area contributed by atoms with Crippen molar-refractivity contribution in [3.63, 3.8) is 0 Å². The third kappa shape index (κ3) is 4.97. The van der Waals surface area contributed by atoms with E-state index in [0.717, 1.165) is 0 Å².